The van der Waals surface area contributed by atoms with Crippen molar-refractivity contribution in [2.75, 3.05) is 11.9 Å². The molecule has 0 aliphatic carbocycles. The summed E-state index contributed by atoms with van der Waals surface area (Å²) in [5, 5.41) is 2.45. The lowest BCUT2D eigenvalue weighted by molar-refractivity contribution is -0.119. The first-order chi connectivity index (χ1) is 11.5. The number of ether oxygens (including phenoxy) is 1. The van der Waals surface area contributed by atoms with Crippen molar-refractivity contribution in [1.29, 1.82) is 0 Å². The summed E-state index contributed by atoms with van der Waals surface area (Å²) in [6.45, 7) is -0.526. The molecule has 2 amide bonds. The summed E-state index contributed by atoms with van der Waals surface area (Å²) < 4.78 is 4.88. The highest BCUT2D eigenvalue weighted by molar-refractivity contribution is 6.03. The molecule has 7 heteroatoms. The lowest BCUT2D eigenvalue weighted by Gasteiger charge is -2.09. The fraction of sp³-hybridized carbons (Fsp3) is 0.0588. The van der Waals surface area contributed by atoms with Crippen LogP contribution in [0.15, 0.2) is 48.5 Å². The van der Waals surface area contributed by atoms with Crippen molar-refractivity contribution in [2.45, 2.75) is 0 Å². The van der Waals surface area contributed by atoms with Crippen molar-refractivity contribution < 1.29 is 23.9 Å². The van der Waals surface area contributed by atoms with Crippen LogP contribution in [0.2, 0.25) is 0 Å². The van der Waals surface area contributed by atoms with E-state index in [9.17, 15) is 19.2 Å². The number of carbonyl (C=O) groups is 4. The van der Waals surface area contributed by atoms with Gasteiger partial charge in [0.15, 0.2) is 6.61 Å². The fourth-order valence-corrected chi connectivity index (χ4v) is 1.91. The summed E-state index contributed by atoms with van der Waals surface area (Å²) in [6, 6.07) is 12.0. The Kier molecular flexibility index (Phi) is 5.40. The second-order valence-electron chi connectivity index (χ2n) is 4.77. The highest BCUT2D eigenvalue weighted by Crippen LogP contribution is 2.14. The summed E-state index contributed by atoms with van der Waals surface area (Å²) in [6.07, 6.45) is 0.652. The zero-order valence-corrected chi connectivity index (χ0v) is 12.5. The third kappa shape index (κ3) is 4.26. The van der Waals surface area contributed by atoms with Gasteiger partial charge in [-0.1, -0.05) is 24.3 Å². The SMILES string of the molecule is NC(=O)c1ccccc1NC(=O)COC(=O)c1ccc(C=O)cc1. The summed E-state index contributed by atoms with van der Waals surface area (Å²) >= 11 is 0. The monoisotopic (exact) mass is 326 g/mol. The average Bonchev–Trinajstić information content (AvgIpc) is 2.60. The van der Waals surface area contributed by atoms with Crippen molar-refractivity contribution in [3.8, 4) is 0 Å². The number of amides is 2. The molecule has 0 spiro atoms. The first kappa shape index (κ1) is 16.9. The maximum Gasteiger partial charge on any atom is 0.338 e. The van der Waals surface area contributed by atoms with E-state index in [-0.39, 0.29) is 16.8 Å². The molecule has 7 nitrogen and oxygen atoms in total. The quantitative estimate of drug-likeness (QED) is 0.615. The fourth-order valence-electron chi connectivity index (χ4n) is 1.91. The number of nitrogens with two attached hydrogens (primary N) is 1. The number of anilines is 1. The minimum atomic E-state index is -0.703. The number of primary amides is 1. The predicted octanol–water partition coefficient (Wildman–Crippen LogP) is 1.39. The van der Waals surface area contributed by atoms with E-state index in [0.29, 0.717) is 11.8 Å². The largest absolute Gasteiger partial charge is 0.452 e. The first-order valence-electron chi connectivity index (χ1n) is 6.92. The van der Waals surface area contributed by atoms with Crippen molar-refractivity contribution in [3.63, 3.8) is 0 Å². The normalized spacial score (nSPS) is 9.83. The number of esters is 1. The molecule has 0 heterocycles. The number of hydrogen-bond donors (Lipinski definition) is 2. The second kappa shape index (κ2) is 7.68. The average molecular weight is 326 g/mol. The van der Waals surface area contributed by atoms with E-state index in [4.69, 9.17) is 10.5 Å². The number of hydrogen-bond acceptors (Lipinski definition) is 5. The Morgan fingerprint density at radius 3 is 2.33 bits per heavy atom. The zero-order valence-electron chi connectivity index (χ0n) is 12.5. The molecule has 0 bridgehead atoms. The number of rotatable bonds is 6. The molecular formula is C17H14N2O5. The maximum atomic E-state index is 11.8. The molecule has 3 N–H and O–H groups in total. The smallest absolute Gasteiger partial charge is 0.338 e. The Labute approximate surface area is 137 Å². The van der Waals surface area contributed by atoms with E-state index in [2.05, 4.69) is 5.32 Å². The standard InChI is InChI=1S/C17H14N2O5/c18-16(22)13-3-1-2-4-14(13)19-15(21)10-24-17(23)12-7-5-11(9-20)6-8-12/h1-9H,10H2,(H2,18,22)(H,19,21). The van der Waals surface area contributed by atoms with Gasteiger partial charge in [-0.25, -0.2) is 4.79 Å². The Hall–Kier alpha value is -3.48. The lowest BCUT2D eigenvalue weighted by Crippen LogP contribution is -2.23. The van der Waals surface area contributed by atoms with Crippen LogP contribution in [0.1, 0.15) is 31.1 Å². The van der Waals surface area contributed by atoms with Gasteiger partial charge in [0.2, 0.25) is 0 Å². The molecule has 0 aliphatic heterocycles. The first-order valence-corrected chi connectivity index (χ1v) is 6.92. The van der Waals surface area contributed by atoms with Crippen LogP contribution in [-0.4, -0.2) is 30.7 Å². The van der Waals surface area contributed by atoms with E-state index in [1.54, 1.807) is 12.1 Å². The molecule has 0 unspecified atom stereocenters. The van der Waals surface area contributed by atoms with Crippen LogP contribution in [0.25, 0.3) is 0 Å². The van der Waals surface area contributed by atoms with Crippen LogP contribution in [0.5, 0.6) is 0 Å². The molecule has 0 aliphatic rings. The number of benzene rings is 2. The summed E-state index contributed by atoms with van der Waals surface area (Å²) in [5.74, 6) is -1.99. The zero-order chi connectivity index (χ0) is 17.5. The molecule has 0 atom stereocenters. The van der Waals surface area contributed by atoms with Crippen LogP contribution < -0.4 is 11.1 Å². The van der Waals surface area contributed by atoms with Gasteiger partial charge in [0.1, 0.15) is 6.29 Å². The molecule has 2 aromatic carbocycles. The predicted molar refractivity (Wildman–Crippen MR) is 85.7 cm³/mol. The minimum Gasteiger partial charge on any atom is -0.452 e. The third-order valence-corrected chi connectivity index (χ3v) is 3.08. The Morgan fingerprint density at radius 1 is 1.04 bits per heavy atom. The molecule has 0 aromatic heterocycles. The molecule has 2 rings (SSSR count). The topological polar surface area (TPSA) is 116 Å². The van der Waals surface area contributed by atoms with E-state index in [1.807, 2.05) is 0 Å². The van der Waals surface area contributed by atoms with Gasteiger partial charge < -0.3 is 15.8 Å². The number of nitrogens with one attached hydrogen (secondary N) is 1. The Bertz CT molecular complexity index is 784. The molecule has 0 saturated heterocycles. The molecule has 24 heavy (non-hydrogen) atoms. The van der Waals surface area contributed by atoms with Crippen LogP contribution in [0.4, 0.5) is 5.69 Å². The van der Waals surface area contributed by atoms with Gasteiger partial charge in [0, 0.05) is 5.56 Å². The second-order valence-corrected chi connectivity index (χ2v) is 4.77. The van der Waals surface area contributed by atoms with E-state index in [0.717, 1.165) is 0 Å². The summed E-state index contributed by atoms with van der Waals surface area (Å²) in [7, 11) is 0. The highest BCUT2D eigenvalue weighted by Gasteiger charge is 2.13. The summed E-state index contributed by atoms with van der Waals surface area (Å²) in [5.41, 5.74) is 6.24. The number of para-hydroxylation sites is 1. The molecule has 122 valence electrons. The van der Waals surface area contributed by atoms with Gasteiger partial charge in [-0.3, -0.25) is 14.4 Å². The van der Waals surface area contributed by atoms with Gasteiger partial charge >= 0.3 is 5.97 Å². The van der Waals surface area contributed by atoms with Gasteiger partial charge in [-0.2, -0.15) is 0 Å². The molecule has 0 fully saturated rings. The number of carbonyl (C=O) groups excluding carboxylic acids is 4. The van der Waals surface area contributed by atoms with Crippen molar-refractivity contribution in [1.82, 2.24) is 0 Å². The summed E-state index contributed by atoms with van der Waals surface area (Å²) in [4.78, 5) is 45.5. The molecule has 0 radical (unpaired) electrons. The van der Waals surface area contributed by atoms with E-state index < -0.39 is 24.4 Å². The van der Waals surface area contributed by atoms with Crippen molar-refractivity contribution >= 4 is 29.8 Å². The van der Waals surface area contributed by atoms with Crippen LogP contribution in [0, 0.1) is 0 Å². The Balaban J connectivity index is 1.94. The van der Waals surface area contributed by atoms with E-state index >= 15 is 0 Å². The molecule has 2 aromatic rings. The van der Waals surface area contributed by atoms with Gasteiger partial charge in [-0.15, -0.1) is 0 Å². The van der Waals surface area contributed by atoms with Crippen LogP contribution in [-0.2, 0) is 9.53 Å². The minimum absolute atomic E-state index is 0.154. The van der Waals surface area contributed by atoms with Gasteiger partial charge in [0.05, 0.1) is 16.8 Å². The van der Waals surface area contributed by atoms with Gasteiger partial charge in [-0.05, 0) is 24.3 Å². The maximum absolute atomic E-state index is 11.8. The molecular weight excluding hydrogens is 312 g/mol. The number of aldehydes is 1. The Morgan fingerprint density at radius 2 is 1.71 bits per heavy atom. The van der Waals surface area contributed by atoms with Crippen LogP contribution >= 0.6 is 0 Å². The van der Waals surface area contributed by atoms with E-state index in [1.165, 1.54) is 36.4 Å². The van der Waals surface area contributed by atoms with Crippen molar-refractivity contribution in [3.05, 3.63) is 65.2 Å². The third-order valence-electron chi connectivity index (χ3n) is 3.08. The van der Waals surface area contributed by atoms with Crippen molar-refractivity contribution in [2.24, 2.45) is 5.73 Å². The molecule has 0 saturated carbocycles. The highest BCUT2D eigenvalue weighted by atomic mass is 16.5. The van der Waals surface area contributed by atoms with Gasteiger partial charge in [0.25, 0.3) is 11.8 Å². The lowest BCUT2D eigenvalue weighted by atomic mass is 10.1. The van der Waals surface area contributed by atoms with Crippen LogP contribution in [0.3, 0.4) is 0 Å².